The molecule has 2 aromatic heterocycles. The SMILES string of the molecule is CCC(C)(N)COCc1cn2ccsc2n1. The minimum absolute atomic E-state index is 0.239. The zero-order chi connectivity index (χ0) is 11.6. The first kappa shape index (κ1) is 11.6. The fraction of sp³-hybridized carbons (Fsp3) is 0.545. The second-order valence-corrected chi connectivity index (χ2v) is 5.20. The Morgan fingerprint density at radius 3 is 3.12 bits per heavy atom. The molecule has 2 N–H and O–H groups in total. The molecule has 0 aliphatic heterocycles. The van der Waals surface area contributed by atoms with Crippen LogP contribution in [-0.2, 0) is 11.3 Å². The molecular weight excluding hydrogens is 222 g/mol. The topological polar surface area (TPSA) is 52.5 Å². The molecule has 0 fully saturated rings. The Balaban J connectivity index is 1.89. The number of hydrogen-bond acceptors (Lipinski definition) is 4. The van der Waals surface area contributed by atoms with E-state index in [1.165, 1.54) is 0 Å². The van der Waals surface area contributed by atoms with E-state index in [2.05, 4.69) is 11.9 Å². The van der Waals surface area contributed by atoms with Crippen LogP contribution in [0, 0.1) is 0 Å². The summed E-state index contributed by atoms with van der Waals surface area (Å²) in [6, 6.07) is 0. The Morgan fingerprint density at radius 2 is 2.44 bits per heavy atom. The third-order valence-electron chi connectivity index (χ3n) is 2.63. The number of aromatic nitrogens is 2. The van der Waals surface area contributed by atoms with Crippen LogP contribution in [0.5, 0.6) is 0 Å². The first-order valence-electron chi connectivity index (χ1n) is 5.38. The summed E-state index contributed by atoms with van der Waals surface area (Å²) in [4.78, 5) is 5.44. The number of thiazole rings is 1. The molecule has 0 aliphatic carbocycles. The van der Waals surface area contributed by atoms with Crippen molar-refractivity contribution >= 4 is 16.3 Å². The summed E-state index contributed by atoms with van der Waals surface area (Å²) in [5.41, 5.74) is 6.70. The van der Waals surface area contributed by atoms with Crippen LogP contribution in [0.1, 0.15) is 26.0 Å². The van der Waals surface area contributed by atoms with Gasteiger partial charge in [0.2, 0.25) is 0 Å². The van der Waals surface area contributed by atoms with Crippen molar-refractivity contribution in [3.63, 3.8) is 0 Å². The number of rotatable bonds is 5. The molecule has 0 spiro atoms. The lowest BCUT2D eigenvalue weighted by atomic mass is 10.0. The second-order valence-electron chi connectivity index (χ2n) is 4.33. The smallest absolute Gasteiger partial charge is 0.193 e. The highest BCUT2D eigenvalue weighted by Crippen LogP contribution is 2.13. The predicted molar refractivity (Wildman–Crippen MR) is 65.6 cm³/mol. The van der Waals surface area contributed by atoms with Crippen LogP contribution in [0.4, 0.5) is 0 Å². The van der Waals surface area contributed by atoms with Gasteiger partial charge in [-0.25, -0.2) is 4.98 Å². The average Bonchev–Trinajstić information content (AvgIpc) is 2.77. The highest BCUT2D eigenvalue weighted by molar-refractivity contribution is 7.15. The third kappa shape index (κ3) is 2.61. The molecule has 4 nitrogen and oxygen atoms in total. The second kappa shape index (κ2) is 4.53. The lowest BCUT2D eigenvalue weighted by Crippen LogP contribution is -2.40. The van der Waals surface area contributed by atoms with Crippen molar-refractivity contribution in [3.8, 4) is 0 Å². The molecule has 0 bridgehead atoms. The summed E-state index contributed by atoms with van der Waals surface area (Å²) < 4.78 is 7.58. The van der Waals surface area contributed by atoms with Gasteiger partial charge in [-0.2, -0.15) is 0 Å². The molecule has 2 rings (SSSR count). The molecule has 0 saturated heterocycles. The maximum Gasteiger partial charge on any atom is 0.193 e. The van der Waals surface area contributed by atoms with Gasteiger partial charge in [0.15, 0.2) is 4.96 Å². The lowest BCUT2D eigenvalue weighted by Gasteiger charge is -2.21. The molecule has 0 saturated carbocycles. The van der Waals surface area contributed by atoms with Crippen molar-refractivity contribution in [2.45, 2.75) is 32.4 Å². The average molecular weight is 239 g/mol. The van der Waals surface area contributed by atoms with E-state index in [1.54, 1.807) is 11.3 Å². The van der Waals surface area contributed by atoms with E-state index in [-0.39, 0.29) is 5.54 Å². The van der Waals surface area contributed by atoms with E-state index in [0.717, 1.165) is 17.1 Å². The molecule has 2 aromatic rings. The van der Waals surface area contributed by atoms with E-state index in [0.29, 0.717) is 13.2 Å². The quantitative estimate of drug-likeness (QED) is 0.868. The first-order valence-corrected chi connectivity index (χ1v) is 6.26. The van der Waals surface area contributed by atoms with Gasteiger partial charge >= 0.3 is 0 Å². The van der Waals surface area contributed by atoms with Gasteiger partial charge in [0, 0.05) is 23.3 Å². The first-order chi connectivity index (χ1) is 7.61. The van der Waals surface area contributed by atoms with Crippen LogP contribution < -0.4 is 5.73 Å². The number of ether oxygens (including phenoxy) is 1. The number of nitrogens with zero attached hydrogens (tertiary/aromatic N) is 2. The normalized spacial score (nSPS) is 15.4. The van der Waals surface area contributed by atoms with E-state index in [1.807, 2.05) is 29.1 Å². The van der Waals surface area contributed by atoms with Gasteiger partial charge in [-0.05, 0) is 13.3 Å². The van der Waals surface area contributed by atoms with Crippen molar-refractivity contribution in [2.24, 2.45) is 5.73 Å². The molecule has 0 aliphatic rings. The maximum absolute atomic E-state index is 5.99. The highest BCUT2D eigenvalue weighted by atomic mass is 32.1. The van der Waals surface area contributed by atoms with Crippen LogP contribution in [0.2, 0.25) is 0 Å². The Labute approximate surface area is 99.1 Å². The van der Waals surface area contributed by atoms with Crippen LogP contribution in [0.25, 0.3) is 4.96 Å². The van der Waals surface area contributed by atoms with Gasteiger partial charge in [-0.15, -0.1) is 11.3 Å². The minimum atomic E-state index is -0.239. The van der Waals surface area contributed by atoms with Gasteiger partial charge < -0.3 is 10.5 Å². The Morgan fingerprint density at radius 1 is 1.62 bits per heavy atom. The van der Waals surface area contributed by atoms with Crippen molar-refractivity contribution in [2.75, 3.05) is 6.61 Å². The highest BCUT2D eigenvalue weighted by Gasteiger charge is 2.15. The standard InChI is InChI=1S/C11H17N3OS/c1-3-11(2,12)8-15-7-9-6-14-4-5-16-10(14)13-9/h4-6H,3,7-8,12H2,1-2H3. The Hall–Kier alpha value is -0.910. The summed E-state index contributed by atoms with van der Waals surface area (Å²) in [6.07, 6.45) is 4.90. The minimum Gasteiger partial charge on any atom is -0.373 e. The van der Waals surface area contributed by atoms with E-state index in [4.69, 9.17) is 10.5 Å². The molecule has 1 unspecified atom stereocenters. The van der Waals surface area contributed by atoms with Gasteiger partial charge in [0.25, 0.3) is 0 Å². The summed E-state index contributed by atoms with van der Waals surface area (Å²) in [7, 11) is 0. The summed E-state index contributed by atoms with van der Waals surface area (Å²) in [5.74, 6) is 0. The van der Waals surface area contributed by atoms with Crippen LogP contribution in [-0.4, -0.2) is 21.5 Å². The molecule has 0 amide bonds. The molecule has 1 atom stereocenters. The molecule has 16 heavy (non-hydrogen) atoms. The summed E-state index contributed by atoms with van der Waals surface area (Å²) in [5, 5.41) is 2.01. The fourth-order valence-electron chi connectivity index (χ4n) is 1.34. The van der Waals surface area contributed by atoms with E-state index in [9.17, 15) is 0 Å². The number of nitrogens with two attached hydrogens (primary N) is 1. The zero-order valence-electron chi connectivity index (χ0n) is 9.64. The van der Waals surface area contributed by atoms with Crippen LogP contribution in [0.3, 0.4) is 0 Å². The van der Waals surface area contributed by atoms with Gasteiger partial charge in [0.05, 0.1) is 18.9 Å². The van der Waals surface area contributed by atoms with Crippen molar-refractivity contribution < 1.29 is 4.74 Å². The molecule has 5 heteroatoms. The third-order valence-corrected chi connectivity index (χ3v) is 3.40. The lowest BCUT2D eigenvalue weighted by molar-refractivity contribution is 0.0760. The molecule has 0 radical (unpaired) electrons. The van der Waals surface area contributed by atoms with Crippen molar-refractivity contribution in [1.29, 1.82) is 0 Å². The van der Waals surface area contributed by atoms with Crippen molar-refractivity contribution in [3.05, 3.63) is 23.5 Å². The molecule has 88 valence electrons. The van der Waals surface area contributed by atoms with Crippen LogP contribution in [0.15, 0.2) is 17.8 Å². The zero-order valence-corrected chi connectivity index (χ0v) is 10.5. The monoisotopic (exact) mass is 239 g/mol. The van der Waals surface area contributed by atoms with Crippen molar-refractivity contribution in [1.82, 2.24) is 9.38 Å². The van der Waals surface area contributed by atoms with E-state index >= 15 is 0 Å². The van der Waals surface area contributed by atoms with Gasteiger partial charge in [-0.1, -0.05) is 6.92 Å². The molecule has 0 aromatic carbocycles. The number of hydrogen-bond donors (Lipinski definition) is 1. The van der Waals surface area contributed by atoms with Gasteiger partial charge in [0.1, 0.15) is 0 Å². The Bertz CT molecular complexity index is 432. The fourth-order valence-corrected chi connectivity index (χ4v) is 2.06. The molecule has 2 heterocycles. The Kier molecular flexibility index (Phi) is 3.28. The number of imidazole rings is 1. The summed E-state index contributed by atoms with van der Waals surface area (Å²) >= 11 is 1.62. The predicted octanol–water partition coefficient (Wildman–Crippen LogP) is 2.04. The van der Waals surface area contributed by atoms with E-state index < -0.39 is 0 Å². The number of fused-ring (bicyclic) bond motifs is 1. The summed E-state index contributed by atoms with van der Waals surface area (Å²) in [6.45, 7) is 5.16. The largest absolute Gasteiger partial charge is 0.373 e. The van der Waals surface area contributed by atoms with Crippen LogP contribution >= 0.6 is 11.3 Å². The molecular formula is C11H17N3OS. The van der Waals surface area contributed by atoms with Gasteiger partial charge in [-0.3, -0.25) is 4.40 Å². The maximum atomic E-state index is 5.99.